The largest absolute Gasteiger partial charge is 0.465 e. The Morgan fingerprint density at radius 2 is 2.00 bits per heavy atom. The van der Waals surface area contributed by atoms with Crippen molar-refractivity contribution < 1.29 is 15.0 Å². The van der Waals surface area contributed by atoms with Crippen LogP contribution in [0.4, 0.5) is 4.79 Å². The molecule has 0 spiro atoms. The van der Waals surface area contributed by atoms with Gasteiger partial charge in [-0.1, -0.05) is 30.3 Å². The summed E-state index contributed by atoms with van der Waals surface area (Å²) in [6.07, 6.45) is -0.349. The lowest BCUT2D eigenvalue weighted by Gasteiger charge is -2.10. The highest BCUT2D eigenvalue weighted by atomic mass is 16.4. The summed E-state index contributed by atoms with van der Waals surface area (Å²) in [5, 5.41) is 20.3. The maximum absolute atomic E-state index is 10.1. The molecule has 0 heterocycles. The topological polar surface area (TPSA) is 69.6 Å². The molecular weight excluding hydrogens is 194 g/mol. The van der Waals surface area contributed by atoms with Crippen LogP contribution in [0.1, 0.15) is 24.5 Å². The Bertz CT molecular complexity index is 300. The van der Waals surface area contributed by atoms with Crippen molar-refractivity contribution in [3.05, 3.63) is 35.9 Å². The molecule has 0 aliphatic carbocycles. The zero-order chi connectivity index (χ0) is 11.1. The van der Waals surface area contributed by atoms with Crippen molar-refractivity contribution in [2.75, 3.05) is 6.54 Å². The molecule has 82 valence electrons. The molecule has 1 amide bonds. The second-order valence-corrected chi connectivity index (χ2v) is 3.30. The Kier molecular flexibility index (Phi) is 4.63. The number of rotatable bonds is 5. The number of aliphatic hydroxyl groups is 1. The van der Waals surface area contributed by atoms with E-state index in [2.05, 4.69) is 5.32 Å². The van der Waals surface area contributed by atoms with E-state index in [1.54, 1.807) is 0 Å². The van der Waals surface area contributed by atoms with Crippen LogP contribution in [-0.2, 0) is 0 Å². The number of benzene rings is 1. The molecule has 4 nitrogen and oxygen atoms in total. The highest BCUT2D eigenvalue weighted by Crippen LogP contribution is 2.16. The first kappa shape index (κ1) is 11.5. The summed E-state index contributed by atoms with van der Waals surface area (Å²) in [7, 11) is 0. The van der Waals surface area contributed by atoms with Crippen LogP contribution in [0.15, 0.2) is 30.3 Å². The standard InChI is InChI=1S/C11H15NO3/c13-10(7-4-8-12-11(14)15)9-5-2-1-3-6-9/h1-3,5-6,10,12-13H,4,7-8H2,(H,14,15)/t10-/m1/s1. The predicted molar refractivity (Wildman–Crippen MR) is 56.7 cm³/mol. The van der Waals surface area contributed by atoms with Crippen LogP contribution in [0.25, 0.3) is 0 Å². The monoisotopic (exact) mass is 209 g/mol. The van der Waals surface area contributed by atoms with Gasteiger partial charge in [-0.05, 0) is 18.4 Å². The highest BCUT2D eigenvalue weighted by molar-refractivity contribution is 5.64. The van der Waals surface area contributed by atoms with E-state index < -0.39 is 12.2 Å². The number of amides is 1. The molecule has 0 unspecified atom stereocenters. The highest BCUT2D eigenvalue weighted by Gasteiger charge is 2.06. The Morgan fingerprint density at radius 1 is 1.33 bits per heavy atom. The quantitative estimate of drug-likeness (QED) is 0.647. The molecule has 1 aromatic rings. The van der Waals surface area contributed by atoms with Crippen LogP contribution in [0.3, 0.4) is 0 Å². The first-order valence-electron chi connectivity index (χ1n) is 4.90. The van der Waals surface area contributed by atoms with Crippen LogP contribution in [0.5, 0.6) is 0 Å². The summed E-state index contributed by atoms with van der Waals surface area (Å²) >= 11 is 0. The lowest BCUT2D eigenvalue weighted by Crippen LogP contribution is -2.22. The molecule has 0 bridgehead atoms. The van der Waals surface area contributed by atoms with Crippen molar-refractivity contribution in [1.82, 2.24) is 5.32 Å². The summed E-state index contributed by atoms with van der Waals surface area (Å²) in [5.74, 6) is 0. The van der Waals surface area contributed by atoms with Gasteiger partial charge in [0, 0.05) is 6.54 Å². The van der Waals surface area contributed by atoms with Crippen LogP contribution in [-0.4, -0.2) is 22.9 Å². The Morgan fingerprint density at radius 3 is 2.60 bits per heavy atom. The number of carboxylic acid groups (broad SMARTS) is 1. The number of aliphatic hydroxyl groups excluding tert-OH is 1. The summed E-state index contributed by atoms with van der Waals surface area (Å²) in [6, 6.07) is 9.34. The van der Waals surface area contributed by atoms with Crippen LogP contribution < -0.4 is 5.32 Å². The SMILES string of the molecule is O=C(O)NCCC[C@@H](O)c1ccccc1. The number of hydrogen-bond donors (Lipinski definition) is 3. The summed E-state index contributed by atoms with van der Waals surface area (Å²) in [4.78, 5) is 10.1. The van der Waals surface area contributed by atoms with E-state index in [4.69, 9.17) is 5.11 Å². The van der Waals surface area contributed by atoms with Gasteiger partial charge in [0.1, 0.15) is 0 Å². The van der Waals surface area contributed by atoms with E-state index >= 15 is 0 Å². The van der Waals surface area contributed by atoms with E-state index in [9.17, 15) is 9.90 Å². The van der Waals surface area contributed by atoms with Crippen molar-refractivity contribution in [3.63, 3.8) is 0 Å². The third-order valence-electron chi connectivity index (χ3n) is 2.11. The third kappa shape index (κ3) is 4.46. The first-order valence-corrected chi connectivity index (χ1v) is 4.90. The molecule has 0 aliphatic heterocycles. The molecular formula is C11H15NO3. The normalized spacial score (nSPS) is 12.1. The zero-order valence-corrected chi connectivity index (χ0v) is 8.39. The predicted octanol–water partition coefficient (Wildman–Crippen LogP) is 1.77. The molecule has 0 radical (unpaired) electrons. The molecule has 1 rings (SSSR count). The van der Waals surface area contributed by atoms with Gasteiger partial charge in [-0.3, -0.25) is 0 Å². The van der Waals surface area contributed by atoms with Gasteiger partial charge in [0.15, 0.2) is 0 Å². The number of carbonyl (C=O) groups is 1. The summed E-state index contributed by atoms with van der Waals surface area (Å²) in [5.41, 5.74) is 0.868. The van der Waals surface area contributed by atoms with Gasteiger partial charge < -0.3 is 15.5 Å². The second-order valence-electron chi connectivity index (χ2n) is 3.30. The van der Waals surface area contributed by atoms with E-state index in [-0.39, 0.29) is 0 Å². The smallest absolute Gasteiger partial charge is 0.404 e. The van der Waals surface area contributed by atoms with Gasteiger partial charge in [-0.15, -0.1) is 0 Å². The number of hydrogen-bond acceptors (Lipinski definition) is 2. The average molecular weight is 209 g/mol. The van der Waals surface area contributed by atoms with Gasteiger partial charge in [0.2, 0.25) is 0 Å². The molecule has 0 saturated heterocycles. The molecule has 0 aliphatic rings. The molecule has 3 N–H and O–H groups in total. The van der Waals surface area contributed by atoms with Crippen LogP contribution in [0.2, 0.25) is 0 Å². The van der Waals surface area contributed by atoms with E-state index in [0.717, 1.165) is 5.56 Å². The van der Waals surface area contributed by atoms with E-state index in [1.165, 1.54) is 0 Å². The van der Waals surface area contributed by atoms with Crippen molar-refractivity contribution in [1.29, 1.82) is 0 Å². The molecule has 0 saturated carbocycles. The molecule has 15 heavy (non-hydrogen) atoms. The molecule has 1 aromatic carbocycles. The van der Waals surface area contributed by atoms with Crippen LogP contribution in [0, 0.1) is 0 Å². The van der Waals surface area contributed by atoms with Crippen molar-refractivity contribution in [3.8, 4) is 0 Å². The maximum atomic E-state index is 10.1. The molecule has 4 heteroatoms. The zero-order valence-electron chi connectivity index (χ0n) is 8.39. The summed E-state index contributed by atoms with van der Waals surface area (Å²) < 4.78 is 0. The lowest BCUT2D eigenvalue weighted by atomic mass is 10.1. The minimum atomic E-state index is -1.02. The van der Waals surface area contributed by atoms with Gasteiger partial charge in [0.05, 0.1) is 6.10 Å². The van der Waals surface area contributed by atoms with Crippen molar-refractivity contribution >= 4 is 6.09 Å². The minimum absolute atomic E-state index is 0.374. The van der Waals surface area contributed by atoms with Gasteiger partial charge in [-0.2, -0.15) is 0 Å². The lowest BCUT2D eigenvalue weighted by molar-refractivity contribution is 0.162. The summed E-state index contributed by atoms with van der Waals surface area (Å²) in [6.45, 7) is 0.374. The maximum Gasteiger partial charge on any atom is 0.404 e. The van der Waals surface area contributed by atoms with Crippen molar-refractivity contribution in [2.45, 2.75) is 18.9 Å². The average Bonchev–Trinajstić information content (AvgIpc) is 2.25. The third-order valence-corrected chi connectivity index (χ3v) is 2.11. The Hall–Kier alpha value is -1.55. The minimum Gasteiger partial charge on any atom is -0.465 e. The van der Waals surface area contributed by atoms with E-state index in [0.29, 0.717) is 19.4 Å². The van der Waals surface area contributed by atoms with Gasteiger partial charge in [0.25, 0.3) is 0 Å². The first-order chi connectivity index (χ1) is 7.20. The molecule has 1 atom stereocenters. The fourth-order valence-electron chi connectivity index (χ4n) is 1.33. The fraction of sp³-hybridized carbons (Fsp3) is 0.364. The Labute approximate surface area is 88.6 Å². The second kappa shape index (κ2) is 6.03. The van der Waals surface area contributed by atoms with Crippen molar-refractivity contribution in [2.24, 2.45) is 0 Å². The van der Waals surface area contributed by atoms with E-state index in [1.807, 2.05) is 30.3 Å². The van der Waals surface area contributed by atoms with Gasteiger partial charge >= 0.3 is 6.09 Å². The fourth-order valence-corrected chi connectivity index (χ4v) is 1.33. The molecule has 0 aromatic heterocycles. The van der Waals surface area contributed by atoms with Gasteiger partial charge in [-0.25, -0.2) is 4.79 Å². The Balaban J connectivity index is 2.25. The number of nitrogens with one attached hydrogen (secondary N) is 1. The van der Waals surface area contributed by atoms with Crippen LogP contribution >= 0.6 is 0 Å². The molecule has 0 fully saturated rings.